The van der Waals surface area contributed by atoms with Gasteiger partial charge in [-0.05, 0) is 43.3 Å². The number of aryl methyl sites for hydroxylation is 2. The van der Waals surface area contributed by atoms with E-state index in [0.717, 1.165) is 16.7 Å². The highest BCUT2D eigenvalue weighted by atomic mass is 16.5. The Kier molecular flexibility index (Phi) is 4.44. The molecule has 140 valence electrons. The van der Waals surface area contributed by atoms with Crippen molar-refractivity contribution < 1.29 is 9.53 Å². The summed E-state index contributed by atoms with van der Waals surface area (Å²) in [6.07, 6.45) is 1.66. The number of amides is 1. The lowest BCUT2D eigenvalue weighted by Crippen LogP contribution is -2.18. The Morgan fingerprint density at radius 3 is 2.71 bits per heavy atom. The maximum absolute atomic E-state index is 12.8. The van der Waals surface area contributed by atoms with Gasteiger partial charge >= 0.3 is 0 Å². The highest BCUT2D eigenvalue weighted by molar-refractivity contribution is 6.05. The van der Waals surface area contributed by atoms with Gasteiger partial charge in [-0.2, -0.15) is 9.97 Å². The number of rotatable bonds is 4. The van der Waals surface area contributed by atoms with Gasteiger partial charge in [0.25, 0.3) is 5.91 Å². The van der Waals surface area contributed by atoms with Crippen LogP contribution < -0.4 is 10.1 Å². The SMILES string of the molecule is COc1ccc2c(c1)cc(C(=O)Nc1nc(C)nc(-c3ccccn3)n1)n2C. The van der Waals surface area contributed by atoms with Gasteiger partial charge in [0.05, 0.1) is 7.11 Å². The van der Waals surface area contributed by atoms with Gasteiger partial charge in [0.15, 0.2) is 5.82 Å². The number of carbonyl (C=O) groups excluding carboxylic acids is 1. The average Bonchev–Trinajstić information content (AvgIpc) is 3.04. The number of fused-ring (bicyclic) bond motifs is 1. The summed E-state index contributed by atoms with van der Waals surface area (Å²) in [6.45, 7) is 1.74. The summed E-state index contributed by atoms with van der Waals surface area (Å²) in [5.74, 6) is 1.51. The van der Waals surface area contributed by atoms with Gasteiger partial charge in [0.1, 0.15) is 23.0 Å². The molecule has 1 aromatic carbocycles. The van der Waals surface area contributed by atoms with E-state index >= 15 is 0 Å². The van der Waals surface area contributed by atoms with Crippen molar-refractivity contribution in [3.8, 4) is 17.3 Å². The molecular formula is C20H18N6O2. The van der Waals surface area contributed by atoms with Crippen LogP contribution in [0.3, 0.4) is 0 Å². The Morgan fingerprint density at radius 1 is 1.11 bits per heavy atom. The minimum Gasteiger partial charge on any atom is -0.497 e. The van der Waals surface area contributed by atoms with Crippen molar-refractivity contribution in [2.24, 2.45) is 7.05 Å². The van der Waals surface area contributed by atoms with Crippen LogP contribution in [-0.4, -0.2) is 37.5 Å². The molecule has 28 heavy (non-hydrogen) atoms. The molecule has 0 aliphatic carbocycles. The molecule has 4 rings (SSSR count). The number of hydrogen-bond acceptors (Lipinski definition) is 6. The molecular weight excluding hydrogens is 356 g/mol. The van der Waals surface area contributed by atoms with Crippen LogP contribution in [0.4, 0.5) is 5.95 Å². The molecule has 0 saturated carbocycles. The first kappa shape index (κ1) is 17.6. The van der Waals surface area contributed by atoms with E-state index in [4.69, 9.17) is 4.74 Å². The number of anilines is 1. The molecule has 0 aliphatic rings. The second kappa shape index (κ2) is 7.07. The lowest BCUT2D eigenvalue weighted by Gasteiger charge is -2.07. The van der Waals surface area contributed by atoms with E-state index in [0.29, 0.717) is 23.0 Å². The fourth-order valence-electron chi connectivity index (χ4n) is 2.99. The van der Waals surface area contributed by atoms with Gasteiger partial charge in [-0.15, -0.1) is 0 Å². The Labute approximate surface area is 161 Å². The van der Waals surface area contributed by atoms with Gasteiger partial charge in [0, 0.05) is 24.1 Å². The maximum Gasteiger partial charge on any atom is 0.274 e. The van der Waals surface area contributed by atoms with Crippen LogP contribution in [0.1, 0.15) is 16.3 Å². The van der Waals surface area contributed by atoms with Crippen LogP contribution in [-0.2, 0) is 7.05 Å². The van der Waals surface area contributed by atoms with Crippen LogP contribution in [0.15, 0.2) is 48.7 Å². The number of pyridine rings is 1. The van der Waals surface area contributed by atoms with E-state index in [1.807, 2.05) is 41.9 Å². The summed E-state index contributed by atoms with van der Waals surface area (Å²) >= 11 is 0. The minimum absolute atomic E-state index is 0.181. The molecule has 0 aliphatic heterocycles. The molecule has 8 nitrogen and oxygen atoms in total. The molecule has 0 atom stereocenters. The Hall–Kier alpha value is -3.81. The van der Waals surface area contributed by atoms with Crippen LogP contribution in [0, 0.1) is 6.92 Å². The van der Waals surface area contributed by atoms with Gasteiger partial charge in [-0.3, -0.25) is 15.1 Å². The average molecular weight is 374 g/mol. The van der Waals surface area contributed by atoms with E-state index in [-0.39, 0.29) is 11.9 Å². The number of aromatic nitrogens is 5. The molecule has 0 unspecified atom stereocenters. The van der Waals surface area contributed by atoms with Crippen LogP contribution in [0.2, 0.25) is 0 Å². The third kappa shape index (κ3) is 3.27. The molecule has 0 saturated heterocycles. The Morgan fingerprint density at radius 2 is 1.96 bits per heavy atom. The topological polar surface area (TPSA) is 94.8 Å². The second-order valence-electron chi connectivity index (χ2n) is 6.21. The standard InChI is InChI=1S/C20H18N6O2/c1-12-22-18(15-6-4-5-9-21-15)24-20(23-12)25-19(27)17-11-13-10-14(28-3)7-8-16(13)26(17)2/h4-11H,1-3H3,(H,22,23,24,25,27). The number of nitrogens with one attached hydrogen (secondary N) is 1. The zero-order chi connectivity index (χ0) is 19.7. The summed E-state index contributed by atoms with van der Waals surface area (Å²) in [7, 11) is 3.45. The molecule has 1 amide bonds. The predicted molar refractivity (Wildman–Crippen MR) is 105 cm³/mol. The second-order valence-corrected chi connectivity index (χ2v) is 6.21. The van der Waals surface area contributed by atoms with Crippen molar-refractivity contribution in [2.45, 2.75) is 6.92 Å². The number of hydrogen-bond donors (Lipinski definition) is 1. The molecule has 0 radical (unpaired) electrons. The summed E-state index contributed by atoms with van der Waals surface area (Å²) < 4.78 is 7.07. The van der Waals surface area contributed by atoms with Gasteiger partial charge in [-0.1, -0.05) is 6.07 Å². The molecule has 0 bridgehead atoms. The first-order chi connectivity index (χ1) is 13.5. The van der Waals surface area contributed by atoms with Crippen molar-refractivity contribution in [3.63, 3.8) is 0 Å². The van der Waals surface area contributed by atoms with Crippen molar-refractivity contribution in [1.82, 2.24) is 24.5 Å². The summed E-state index contributed by atoms with van der Waals surface area (Å²) in [5, 5.41) is 3.67. The molecule has 3 heterocycles. The summed E-state index contributed by atoms with van der Waals surface area (Å²) in [5.41, 5.74) is 2.02. The smallest absolute Gasteiger partial charge is 0.274 e. The molecule has 0 spiro atoms. The maximum atomic E-state index is 12.8. The van der Waals surface area contributed by atoms with Crippen LogP contribution in [0.5, 0.6) is 5.75 Å². The lowest BCUT2D eigenvalue weighted by molar-refractivity contribution is 0.101. The van der Waals surface area contributed by atoms with Crippen LogP contribution in [0.25, 0.3) is 22.4 Å². The zero-order valence-corrected chi connectivity index (χ0v) is 15.7. The van der Waals surface area contributed by atoms with Crippen LogP contribution >= 0.6 is 0 Å². The van der Waals surface area contributed by atoms with E-state index in [9.17, 15) is 4.79 Å². The van der Waals surface area contributed by atoms with Gasteiger partial charge in [0.2, 0.25) is 5.95 Å². The zero-order valence-electron chi connectivity index (χ0n) is 15.7. The number of methoxy groups -OCH3 is 1. The summed E-state index contributed by atoms with van der Waals surface area (Å²) in [6, 6.07) is 12.9. The normalized spacial score (nSPS) is 10.8. The largest absolute Gasteiger partial charge is 0.497 e. The molecule has 3 aromatic heterocycles. The Bertz CT molecular complexity index is 1170. The molecule has 4 aromatic rings. The predicted octanol–water partition coefficient (Wildman–Crippen LogP) is 2.99. The lowest BCUT2D eigenvalue weighted by atomic mass is 10.2. The third-order valence-corrected chi connectivity index (χ3v) is 4.35. The van der Waals surface area contributed by atoms with Crippen molar-refractivity contribution in [1.29, 1.82) is 0 Å². The fourth-order valence-corrected chi connectivity index (χ4v) is 2.99. The number of benzene rings is 1. The van der Waals surface area contributed by atoms with E-state index in [1.54, 1.807) is 32.4 Å². The number of ether oxygens (including phenoxy) is 1. The molecule has 0 fully saturated rings. The molecule has 8 heteroatoms. The van der Waals surface area contributed by atoms with E-state index in [2.05, 4.69) is 25.3 Å². The molecule has 1 N–H and O–H groups in total. The van der Waals surface area contributed by atoms with E-state index < -0.39 is 0 Å². The highest BCUT2D eigenvalue weighted by Crippen LogP contribution is 2.24. The van der Waals surface area contributed by atoms with Crippen molar-refractivity contribution >= 4 is 22.8 Å². The third-order valence-electron chi connectivity index (χ3n) is 4.35. The number of carbonyl (C=O) groups is 1. The van der Waals surface area contributed by atoms with Gasteiger partial charge < -0.3 is 9.30 Å². The van der Waals surface area contributed by atoms with Gasteiger partial charge in [-0.25, -0.2) is 4.98 Å². The quantitative estimate of drug-likeness (QED) is 0.590. The Balaban J connectivity index is 1.66. The fraction of sp³-hybridized carbons (Fsp3) is 0.150. The monoisotopic (exact) mass is 374 g/mol. The van der Waals surface area contributed by atoms with E-state index in [1.165, 1.54) is 0 Å². The highest BCUT2D eigenvalue weighted by Gasteiger charge is 2.16. The van der Waals surface area contributed by atoms with Crippen molar-refractivity contribution in [2.75, 3.05) is 12.4 Å². The first-order valence-corrected chi connectivity index (χ1v) is 8.64. The minimum atomic E-state index is -0.310. The summed E-state index contributed by atoms with van der Waals surface area (Å²) in [4.78, 5) is 29.9. The number of nitrogens with zero attached hydrogens (tertiary/aromatic N) is 5. The first-order valence-electron chi connectivity index (χ1n) is 8.64. The van der Waals surface area contributed by atoms with Crippen molar-refractivity contribution in [3.05, 3.63) is 60.2 Å².